The van der Waals surface area contributed by atoms with Gasteiger partial charge in [-0.3, -0.25) is 4.79 Å². The summed E-state index contributed by atoms with van der Waals surface area (Å²) in [6.07, 6.45) is 0. The molecule has 2 rings (SSSR count). The molecule has 0 aromatic heterocycles. The number of piperazine rings is 1. The molecule has 1 aliphatic heterocycles. The van der Waals surface area contributed by atoms with Crippen LogP contribution in [-0.2, 0) is 14.8 Å². The van der Waals surface area contributed by atoms with Crippen molar-refractivity contribution in [2.24, 2.45) is 0 Å². The Bertz CT molecular complexity index is 714. The van der Waals surface area contributed by atoms with Crippen LogP contribution in [-0.4, -0.2) is 49.5 Å². The second-order valence-corrected chi connectivity index (χ2v) is 6.70. The molecule has 1 atom stereocenters. The Hall–Kier alpha value is -1.66. The van der Waals surface area contributed by atoms with Gasteiger partial charge in [-0.15, -0.1) is 0 Å². The molecule has 0 bridgehead atoms. The van der Waals surface area contributed by atoms with E-state index < -0.39 is 22.0 Å². The molecule has 9 heteroatoms. The van der Waals surface area contributed by atoms with E-state index in [0.29, 0.717) is 6.54 Å². The number of sulfonamides is 1. The largest absolute Gasteiger partial charge is 0.480 e. The van der Waals surface area contributed by atoms with Gasteiger partial charge in [0.1, 0.15) is 10.9 Å². The number of nitrogens with zero attached hydrogens (tertiary/aromatic N) is 2. The molecule has 0 spiro atoms. The van der Waals surface area contributed by atoms with E-state index in [2.05, 4.69) is 5.32 Å². The molecule has 1 aromatic rings. The average Bonchev–Trinajstić information content (AvgIpc) is 2.47. The molecule has 0 amide bonds. The maximum atomic E-state index is 12.6. The summed E-state index contributed by atoms with van der Waals surface area (Å²) in [6.45, 7) is 0.384. The summed E-state index contributed by atoms with van der Waals surface area (Å²) in [5, 5.41) is 20.8. The Morgan fingerprint density at radius 3 is 2.86 bits per heavy atom. The van der Waals surface area contributed by atoms with Crippen LogP contribution in [0.15, 0.2) is 23.1 Å². The fourth-order valence-electron chi connectivity index (χ4n) is 2.08. The lowest BCUT2D eigenvalue weighted by Gasteiger charge is -2.32. The number of hydrogen-bond donors (Lipinski definition) is 2. The fraction of sp³-hybridized carbons (Fsp3) is 0.333. The summed E-state index contributed by atoms with van der Waals surface area (Å²) in [7, 11) is -4.09. The van der Waals surface area contributed by atoms with Gasteiger partial charge in [0.25, 0.3) is 0 Å². The first-order chi connectivity index (χ1) is 9.87. The van der Waals surface area contributed by atoms with Crippen LogP contribution in [0, 0.1) is 11.3 Å². The molecule has 0 aliphatic carbocycles. The van der Waals surface area contributed by atoms with Crippen LogP contribution in [0.2, 0.25) is 5.02 Å². The molecule has 2 N–H and O–H groups in total. The summed E-state index contributed by atoms with van der Waals surface area (Å²) in [5.74, 6) is -1.24. The molecule has 1 saturated heterocycles. The van der Waals surface area contributed by atoms with Crippen LogP contribution in [0.3, 0.4) is 0 Å². The van der Waals surface area contributed by atoms with Crippen LogP contribution in [0.4, 0.5) is 0 Å². The molecular formula is C12H12ClN3O4S. The van der Waals surface area contributed by atoms with E-state index >= 15 is 0 Å². The van der Waals surface area contributed by atoms with E-state index in [0.717, 1.165) is 10.4 Å². The number of carboxylic acids is 1. The second kappa shape index (κ2) is 5.99. The maximum Gasteiger partial charge on any atom is 0.323 e. The van der Waals surface area contributed by atoms with Crippen molar-refractivity contribution in [3.8, 4) is 6.07 Å². The summed E-state index contributed by atoms with van der Waals surface area (Å²) in [6, 6.07) is 4.49. The van der Waals surface area contributed by atoms with Gasteiger partial charge in [-0.05, 0) is 18.2 Å². The van der Waals surface area contributed by atoms with E-state index in [1.807, 2.05) is 6.07 Å². The van der Waals surface area contributed by atoms with Gasteiger partial charge in [0.05, 0.1) is 16.7 Å². The number of rotatable bonds is 3. The molecule has 1 fully saturated rings. The molecule has 1 unspecified atom stereocenters. The van der Waals surface area contributed by atoms with Crippen molar-refractivity contribution in [3.05, 3.63) is 28.8 Å². The van der Waals surface area contributed by atoms with Crippen LogP contribution < -0.4 is 5.32 Å². The first-order valence-electron chi connectivity index (χ1n) is 6.03. The number of halogens is 1. The van der Waals surface area contributed by atoms with Crippen LogP contribution >= 0.6 is 11.6 Å². The second-order valence-electron chi connectivity index (χ2n) is 4.43. The van der Waals surface area contributed by atoms with Crippen LogP contribution in [0.25, 0.3) is 0 Å². The summed E-state index contributed by atoms with van der Waals surface area (Å²) in [5.41, 5.74) is 0.139. The van der Waals surface area contributed by atoms with E-state index in [4.69, 9.17) is 22.0 Å². The summed E-state index contributed by atoms with van der Waals surface area (Å²) in [4.78, 5) is 11.0. The van der Waals surface area contributed by atoms with Gasteiger partial charge < -0.3 is 10.4 Å². The number of nitriles is 1. The third-order valence-corrected chi connectivity index (χ3v) is 5.52. The number of aliphatic carboxylic acids is 1. The Morgan fingerprint density at radius 1 is 1.52 bits per heavy atom. The zero-order valence-corrected chi connectivity index (χ0v) is 12.4. The topological polar surface area (TPSA) is 111 Å². The van der Waals surface area contributed by atoms with Gasteiger partial charge in [-0.25, -0.2) is 8.42 Å². The van der Waals surface area contributed by atoms with Gasteiger partial charge in [0.15, 0.2) is 0 Å². The van der Waals surface area contributed by atoms with Crippen molar-refractivity contribution >= 4 is 27.6 Å². The molecule has 1 aromatic carbocycles. The number of carboxylic acid groups (broad SMARTS) is 1. The minimum absolute atomic E-state index is 0.0180. The monoisotopic (exact) mass is 329 g/mol. The molecule has 112 valence electrons. The minimum Gasteiger partial charge on any atom is -0.480 e. The minimum atomic E-state index is -4.09. The fourth-order valence-corrected chi connectivity index (χ4v) is 4.17. The third-order valence-electron chi connectivity index (χ3n) is 3.13. The predicted octanol–water partition coefficient (Wildman–Crippen LogP) is 0.259. The SMILES string of the molecule is N#Cc1ccc(Cl)c(S(=O)(=O)N2CCNCC2C(=O)O)c1. The van der Waals surface area contributed by atoms with E-state index in [1.165, 1.54) is 12.1 Å². The smallest absolute Gasteiger partial charge is 0.323 e. The molecule has 0 saturated carbocycles. The third kappa shape index (κ3) is 3.01. The Morgan fingerprint density at radius 2 is 2.24 bits per heavy atom. The van der Waals surface area contributed by atoms with Crippen molar-refractivity contribution in [1.82, 2.24) is 9.62 Å². The molecular weight excluding hydrogens is 318 g/mol. The van der Waals surface area contributed by atoms with E-state index in [9.17, 15) is 13.2 Å². The van der Waals surface area contributed by atoms with Crippen LogP contribution in [0.5, 0.6) is 0 Å². The van der Waals surface area contributed by atoms with E-state index in [-0.39, 0.29) is 28.6 Å². The normalized spacial score (nSPS) is 19.9. The molecule has 0 radical (unpaired) electrons. The van der Waals surface area contributed by atoms with Crippen LogP contribution in [0.1, 0.15) is 5.56 Å². The first kappa shape index (κ1) is 15.7. The summed E-state index contributed by atoms with van der Waals surface area (Å²) >= 11 is 5.91. The number of carbonyl (C=O) groups is 1. The lowest BCUT2D eigenvalue weighted by molar-refractivity contribution is -0.141. The molecule has 1 heterocycles. The zero-order valence-electron chi connectivity index (χ0n) is 10.8. The average molecular weight is 330 g/mol. The number of nitrogens with one attached hydrogen (secondary N) is 1. The zero-order chi connectivity index (χ0) is 15.6. The Balaban J connectivity index is 2.50. The van der Waals surface area contributed by atoms with Crippen molar-refractivity contribution < 1.29 is 18.3 Å². The van der Waals surface area contributed by atoms with Gasteiger partial charge in [0, 0.05) is 19.6 Å². The summed E-state index contributed by atoms with van der Waals surface area (Å²) < 4.78 is 26.2. The first-order valence-corrected chi connectivity index (χ1v) is 7.84. The Labute approximate surface area is 126 Å². The van der Waals surface area contributed by atoms with Crippen molar-refractivity contribution in [3.63, 3.8) is 0 Å². The lowest BCUT2D eigenvalue weighted by Crippen LogP contribution is -2.56. The highest BCUT2D eigenvalue weighted by molar-refractivity contribution is 7.89. The van der Waals surface area contributed by atoms with Crippen molar-refractivity contribution in [1.29, 1.82) is 5.26 Å². The molecule has 1 aliphatic rings. The maximum absolute atomic E-state index is 12.6. The molecule has 7 nitrogen and oxygen atoms in total. The Kier molecular flexibility index (Phi) is 4.49. The highest BCUT2D eigenvalue weighted by Gasteiger charge is 2.38. The quantitative estimate of drug-likeness (QED) is 0.823. The standard InChI is InChI=1S/C12H12ClN3O4S/c13-9-2-1-8(6-14)5-11(9)21(19,20)16-4-3-15-7-10(16)12(17)18/h1-2,5,10,15H,3-4,7H2,(H,17,18). The highest BCUT2D eigenvalue weighted by atomic mass is 35.5. The number of benzene rings is 1. The lowest BCUT2D eigenvalue weighted by atomic mass is 10.2. The van der Waals surface area contributed by atoms with Gasteiger partial charge in [-0.2, -0.15) is 9.57 Å². The number of hydrogen-bond acceptors (Lipinski definition) is 5. The molecule has 21 heavy (non-hydrogen) atoms. The van der Waals surface area contributed by atoms with Gasteiger partial charge in [-0.1, -0.05) is 11.6 Å². The predicted molar refractivity (Wildman–Crippen MR) is 74.4 cm³/mol. The van der Waals surface area contributed by atoms with Gasteiger partial charge in [0.2, 0.25) is 10.0 Å². The van der Waals surface area contributed by atoms with Gasteiger partial charge >= 0.3 is 5.97 Å². The van der Waals surface area contributed by atoms with Crippen molar-refractivity contribution in [2.75, 3.05) is 19.6 Å². The van der Waals surface area contributed by atoms with E-state index in [1.54, 1.807) is 0 Å². The van der Waals surface area contributed by atoms with Crippen molar-refractivity contribution in [2.45, 2.75) is 10.9 Å². The highest BCUT2D eigenvalue weighted by Crippen LogP contribution is 2.27.